The van der Waals surface area contributed by atoms with Gasteiger partial charge in [0.05, 0.1) is 6.54 Å². The fourth-order valence-corrected chi connectivity index (χ4v) is 2.24. The third-order valence-corrected chi connectivity index (χ3v) is 3.49. The van der Waals surface area contributed by atoms with E-state index < -0.39 is 0 Å². The molecule has 4 heteroatoms. The summed E-state index contributed by atoms with van der Waals surface area (Å²) in [5.74, 6) is 0.515. The number of ether oxygens (including phenoxy) is 1. The lowest BCUT2D eigenvalue weighted by atomic mass is 10.00. The van der Waals surface area contributed by atoms with Crippen LogP contribution in [0.1, 0.15) is 43.4 Å². The van der Waals surface area contributed by atoms with Gasteiger partial charge in [-0.05, 0) is 30.0 Å². The Labute approximate surface area is 114 Å². The van der Waals surface area contributed by atoms with E-state index in [0.717, 1.165) is 12.0 Å². The molecule has 0 spiro atoms. The van der Waals surface area contributed by atoms with Crippen molar-refractivity contribution in [3.63, 3.8) is 0 Å². The number of rotatable bonds is 5. The predicted molar refractivity (Wildman–Crippen MR) is 75.0 cm³/mol. The predicted octanol–water partition coefficient (Wildman–Crippen LogP) is 2.65. The Morgan fingerprint density at radius 1 is 1.37 bits per heavy atom. The zero-order valence-electron chi connectivity index (χ0n) is 11.6. The van der Waals surface area contributed by atoms with E-state index >= 15 is 0 Å². The molecule has 19 heavy (non-hydrogen) atoms. The van der Waals surface area contributed by atoms with E-state index in [1.165, 1.54) is 5.56 Å². The minimum absolute atomic E-state index is 0.147. The molecule has 1 aromatic rings. The minimum atomic E-state index is -0.230. The van der Waals surface area contributed by atoms with Gasteiger partial charge >= 0.3 is 6.09 Å². The number of hydrogen-bond acceptors (Lipinski definition) is 3. The molecule has 104 valence electrons. The molecule has 4 nitrogen and oxygen atoms in total. The molecule has 1 amide bonds. The molecule has 1 heterocycles. The van der Waals surface area contributed by atoms with Gasteiger partial charge in [-0.2, -0.15) is 0 Å². The van der Waals surface area contributed by atoms with Crippen LogP contribution in [0.5, 0.6) is 0 Å². The zero-order chi connectivity index (χ0) is 13.8. The summed E-state index contributed by atoms with van der Waals surface area (Å²) in [7, 11) is 0. The zero-order valence-corrected chi connectivity index (χ0v) is 11.6. The topological polar surface area (TPSA) is 55.6 Å². The van der Waals surface area contributed by atoms with Gasteiger partial charge in [-0.25, -0.2) is 4.79 Å². The van der Waals surface area contributed by atoms with Gasteiger partial charge in [0, 0.05) is 6.54 Å². The van der Waals surface area contributed by atoms with E-state index in [0.29, 0.717) is 25.6 Å². The quantitative estimate of drug-likeness (QED) is 0.887. The lowest BCUT2D eigenvalue weighted by molar-refractivity contribution is 0.132. The van der Waals surface area contributed by atoms with Gasteiger partial charge in [0.25, 0.3) is 0 Å². The summed E-state index contributed by atoms with van der Waals surface area (Å²) in [4.78, 5) is 13.4. The van der Waals surface area contributed by atoms with Crippen molar-refractivity contribution in [2.75, 3.05) is 19.6 Å². The molecule has 1 aliphatic rings. The van der Waals surface area contributed by atoms with Crippen molar-refractivity contribution < 1.29 is 9.53 Å². The first-order chi connectivity index (χ1) is 9.11. The normalized spacial score (nSPS) is 19.1. The number of carbonyl (C=O) groups is 1. The van der Waals surface area contributed by atoms with Gasteiger partial charge in [-0.3, -0.25) is 0 Å². The smallest absolute Gasteiger partial charge is 0.410 e. The van der Waals surface area contributed by atoms with E-state index in [9.17, 15) is 4.79 Å². The number of nitrogens with zero attached hydrogens (tertiary/aromatic N) is 1. The van der Waals surface area contributed by atoms with E-state index in [2.05, 4.69) is 38.1 Å². The van der Waals surface area contributed by atoms with E-state index in [1.54, 1.807) is 4.90 Å². The number of carbonyl (C=O) groups excluding carboxylic acids is 1. The van der Waals surface area contributed by atoms with Crippen molar-refractivity contribution >= 4 is 6.09 Å². The molecule has 1 aliphatic heterocycles. The summed E-state index contributed by atoms with van der Waals surface area (Å²) in [5, 5.41) is 0. The highest BCUT2D eigenvalue weighted by Gasteiger charge is 2.31. The molecular weight excluding hydrogens is 240 g/mol. The van der Waals surface area contributed by atoms with Gasteiger partial charge < -0.3 is 15.4 Å². The second-order valence-electron chi connectivity index (χ2n) is 5.28. The molecule has 1 aromatic carbocycles. The van der Waals surface area contributed by atoms with Crippen LogP contribution in [0.25, 0.3) is 0 Å². The summed E-state index contributed by atoms with van der Waals surface area (Å²) in [6.45, 7) is 6.23. The summed E-state index contributed by atoms with van der Waals surface area (Å²) >= 11 is 0. The lowest BCUT2D eigenvalue weighted by Gasteiger charge is -2.12. The number of hydrogen-bond donors (Lipinski definition) is 1. The third kappa shape index (κ3) is 3.26. The van der Waals surface area contributed by atoms with Crippen molar-refractivity contribution in [2.24, 2.45) is 5.73 Å². The molecule has 1 unspecified atom stereocenters. The average molecular weight is 262 g/mol. The molecule has 0 bridgehead atoms. The van der Waals surface area contributed by atoms with Gasteiger partial charge in [-0.1, -0.05) is 38.1 Å². The number of benzene rings is 1. The van der Waals surface area contributed by atoms with Gasteiger partial charge in [0.15, 0.2) is 0 Å². The Bertz CT molecular complexity index is 428. The van der Waals surface area contributed by atoms with E-state index in [1.807, 2.05) is 0 Å². The van der Waals surface area contributed by atoms with Gasteiger partial charge in [-0.15, -0.1) is 0 Å². The Morgan fingerprint density at radius 3 is 2.63 bits per heavy atom. The van der Waals surface area contributed by atoms with E-state index in [4.69, 9.17) is 10.5 Å². The molecule has 0 saturated carbocycles. The van der Waals surface area contributed by atoms with Crippen molar-refractivity contribution in [1.82, 2.24) is 4.90 Å². The highest BCUT2D eigenvalue weighted by molar-refractivity contribution is 5.70. The fraction of sp³-hybridized carbons (Fsp3) is 0.533. The Hall–Kier alpha value is -1.55. The maximum atomic E-state index is 11.7. The van der Waals surface area contributed by atoms with Crippen LogP contribution in [0.3, 0.4) is 0 Å². The average Bonchev–Trinajstić information content (AvgIpc) is 2.78. The van der Waals surface area contributed by atoms with Crippen LogP contribution in [0.4, 0.5) is 4.79 Å². The van der Waals surface area contributed by atoms with Crippen LogP contribution < -0.4 is 5.73 Å². The number of cyclic esters (lactones) is 1. The number of nitrogens with two attached hydrogens (primary N) is 1. The highest BCUT2D eigenvalue weighted by Crippen LogP contribution is 2.27. The first-order valence-corrected chi connectivity index (χ1v) is 6.87. The van der Waals surface area contributed by atoms with Crippen LogP contribution >= 0.6 is 0 Å². The van der Waals surface area contributed by atoms with Crippen molar-refractivity contribution in [3.8, 4) is 0 Å². The van der Waals surface area contributed by atoms with Crippen LogP contribution in [0.2, 0.25) is 0 Å². The second-order valence-corrected chi connectivity index (χ2v) is 5.28. The van der Waals surface area contributed by atoms with E-state index in [-0.39, 0.29) is 12.2 Å². The first kappa shape index (κ1) is 13.9. The molecule has 2 N–H and O–H groups in total. The summed E-state index contributed by atoms with van der Waals surface area (Å²) in [6, 6.07) is 8.33. The molecule has 1 atom stereocenters. The maximum absolute atomic E-state index is 11.7. The summed E-state index contributed by atoms with van der Waals surface area (Å²) in [6.07, 6.45) is 0.437. The van der Waals surface area contributed by atoms with Crippen LogP contribution in [0, 0.1) is 0 Å². The van der Waals surface area contributed by atoms with Gasteiger partial charge in [0.1, 0.15) is 6.10 Å². The Morgan fingerprint density at radius 2 is 2.05 bits per heavy atom. The molecular formula is C15H22N2O2. The van der Waals surface area contributed by atoms with Crippen LogP contribution in [0.15, 0.2) is 24.3 Å². The Kier molecular flexibility index (Phi) is 4.43. The maximum Gasteiger partial charge on any atom is 0.410 e. The highest BCUT2D eigenvalue weighted by atomic mass is 16.6. The second kappa shape index (κ2) is 6.06. The molecule has 1 saturated heterocycles. The molecule has 2 rings (SSSR count). The largest absolute Gasteiger partial charge is 0.439 e. The van der Waals surface area contributed by atoms with Crippen LogP contribution in [-0.4, -0.2) is 30.6 Å². The molecule has 0 aromatic heterocycles. The fourth-order valence-electron chi connectivity index (χ4n) is 2.24. The lowest BCUT2D eigenvalue weighted by Crippen LogP contribution is -2.27. The van der Waals surface area contributed by atoms with Crippen LogP contribution in [-0.2, 0) is 4.74 Å². The van der Waals surface area contributed by atoms with Crippen molar-refractivity contribution in [2.45, 2.75) is 32.3 Å². The standard InChI is InChI=1S/C15H22N2O2/c1-11(2)12-4-6-13(7-5-12)14-10-17(9-3-8-16)15(18)19-14/h4-7,11,14H,3,8-10,16H2,1-2H3. The number of amides is 1. The van der Waals surface area contributed by atoms with Gasteiger partial charge in [0.2, 0.25) is 0 Å². The minimum Gasteiger partial charge on any atom is -0.439 e. The van der Waals surface area contributed by atoms with Crippen molar-refractivity contribution in [3.05, 3.63) is 35.4 Å². The summed E-state index contributed by atoms with van der Waals surface area (Å²) in [5.41, 5.74) is 7.83. The Balaban J connectivity index is 2.01. The molecule has 1 fully saturated rings. The molecule has 0 aliphatic carbocycles. The molecule has 0 radical (unpaired) electrons. The monoisotopic (exact) mass is 262 g/mol. The third-order valence-electron chi connectivity index (χ3n) is 3.49. The van der Waals surface area contributed by atoms with Crippen molar-refractivity contribution in [1.29, 1.82) is 0 Å². The summed E-state index contributed by atoms with van der Waals surface area (Å²) < 4.78 is 5.40. The SMILES string of the molecule is CC(C)c1ccc(C2CN(CCCN)C(=O)O2)cc1. The first-order valence-electron chi connectivity index (χ1n) is 6.87.